The number of ether oxygens (including phenoxy) is 1. The predicted molar refractivity (Wildman–Crippen MR) is 67.6 cm³/mol. The van der Waals surface area contributed by atoms with Gasteiger partial charge in [0.2, 0.25) is 0 Å². The Morgan fingerprint density at radius 1 is 1.09 bits per heavy atom. The minimum Gasteiger partial charge on any atom is -0.545 e. The molecule has 0 heterocycles. The van der Waals surface area contributed by atoms with E-state index in [2.05, 4.69) is 4.74 Å². The van der Waals surface area contributed by atoms with Gasteiger partial charge in [0.25, 0.3) is 5.91 Å². The summed E-state index contributed by atoms with van der Waals surface area (Å²) in [5, 5.41) is 19.4. The van der Waals surface area contributed by atoms with E-state index in [4.69, 9.17) is 5.21 Å². The number of rotatable bonds is 4. The molecule has 2 aliphatic carbocycles. The van der Waals surface area contributed by atoms with Crippen molar-refractivity contribution in [2.45, 2.75) is 0 Å². The van der Waals surface area contributed by atoms with Crippen LogP contribution in [-0.4, -0.2) is 29.7 Å². The average Bonchev–Trinajstić information content (AvgIpc) is 2.66. The normalized spacial score (nSPS) is 9.68. The molecular weight excluding hydrogens is 301 g/mol. The first kappa shape index (κ1) is 18.1. The van der Waals surface area contributed by atoms with Gasteiger partial charge in [0, 0.05) is 5.56 Å². The zero-order chi connectivity index (χ0) is 15.4. The molecule has 22 heavy (non-hydrogen) atoms. The van der Waals surface area contributed by atoms with Gasteiger partial charge in [-0.15, -0.1) is 0 Å². The molecule has 0 saturated carbocycles. The monoisotopic (exact) mass is 311 g/mol. The summed E-state index contributed by atoms with van der Waals surface area (Å²) >= 11 is 0. The molecule has 0 unspecified atom stereocenters. The Kier molecular flexibility index (Phi) is 6.51. The van der Waals surface area contributed by atoms with Crippen molar-refractivity contribution in [3.8, 4) is 11.1 Å². The molecule has 0 aromatic carbocycles. The first-order chi connectivity index (χ1) is 10.0. The van der Waals surface area contributed by atoms with Crippen LogP contribution < -0.4 is 40.1 Å². The zero-order valence-electron chi connectivity index (χ0n) is 11.7. The molecule has 0 fully saturated rings. The number of hydrogen-bond acceptors (Lipinski definition) is 6. The summed E-state index contributed by atoms with van der Waals surface area (Å²) < 4.78 is 4.69. The maximum Gasteiger partial charge on any atom is 1.00 e. The Hall–Kier alpha value is -1.93. The molecule has 8 heteroatoms. The quantitative estimate of drug-likeness (QED) is 0.266. The summed E-state index contributed by atoms with van der Waals surface area (Å²) in [5.74, 6) is -3.19. The number of carboxylic acid groups (broad SMARTS) is 1. The molecule has 0 aromatic rings. The maximum absolute atomic E-state index is 11.9. The Balaban J connectivity index is 0.00000242. The Labute approximate surface area is 147 Å². The molecule has 7 nitrogen and oxygen atoms in total. The topological polar surface area (TPSA) is 116 Å². The van der Waals surface area contributed by atoms with Crippen molar-refractivity contribution >= 4 is 17.8 Å². The number of hydrogen-bond donors (Lipinski definition) is 2. The standard InChI is InChI=1S/C14H11NO6.Na/c16-12(15-20)7-21-14(19)11-6-10(13(17)18)8-4-2-1-3-5-9(8)11;/h1-6,20H,7H2,(H,15,16)(H,17,18);/q;+1/p-1. The summed E-state index contributed by atoms with van der Waals surface area (Å²) in [6.45, 7) is -0.679. The summed E-state index contributed by atoms with van der Waals surface area (Å²) in [4.78, 5) is 33.9. The van der Waals surface area contributed by atoms with E-state index < -0.39 is 24.5 Å². The van der Waals surface area contributed by atoms with E-state index in [1.54, 1.807) is 24.3 Å². The Morgan fingerprint density at radius 2 is 1.68 bits per heavy atom. The number of carbonyl (C=O) groups is 3. The van der Waals surface area contributed by atoms with Crippen LogP contribution in [0, 0.1) is 0 Å². The van der Waals surface area contributed by atoms with Crippen molar-refractivity contribution in [3.63, 3.8) is 0 Å². The van der Waals surface area contributed by atoms with Gasteiger partial charge in [0.1, 0.15) is 0 Å². The van der Waals surface area contributed by atoms with Crippen LogP contribution in [0.25, 0.3) is 11.1 Å². The number of nitrogens with one attached hydrogen (secondary N) is 1. The fourth-order valence-electron chi connectivity index (χ4n) is 1.90. The van der Waals surface area contributed by atoms with Gasteiger partial charge < -0.3 is 14.6 Å². The smallest absolute Gasteiger partial charge is 0.545 e. The third-order valence-corrected chi connectivity index (χ3v) is 2.81. The van der Waals surface area contributed by atoms with Crippen LogP contribution >= 0.6 is 0 Å². The Morgan fingerprint density at radius 3 is 2.23 bits per heavy atom. The first-order valence-electron chi connectivity index (χ1n) is 5.87. The molecule has 0 saturated heterocycles. The van der Waals surface area contributed by atoms with E-state index in [-0.39, 0.29) is 40.7 Å². The number of esters is 1. The van der Waals surface area contributed by atoms with Crippen molar-refractivity contribution in [1.82, 2.24) is 5.48 Å². The number of carboxylic acids is 1. The summed E-state index contributed by atoms with van der Waals surface area (Å²) in [6, 6.07) is 9.18. The summed E-state index contributed by atoms with van der Waals surface area (Å²) in [5.41, 5.74) is 1.88. The molecule has 2 N–H and O–H groups in total. The minimum absolute atomic E-state index is 0. The van der Waals surface area contributed by atoms with Crippen LogP contribution in [0.4, 0.5) is 0 Å². The molecule has 1 amide bonds. The molecule has 0 atom stereocenters. The first-order valence-corrected chi connectivity index (χ1v) is 5.87. The van der Waals surface area contributed by atoms with E-state index in [0.29, 0.717) is 11.1 Å². The average molecular weight is 311 g/mol. The number of aromatic carboxylic acids is 1. The molecule has 2 rings (SSSR count). The van der Waals surface area contributed by atoms with Gasteiger partial charge in [0.05, 0.1) is 11.5 Å². The SMILES string of the molecule is O=C(COC(=O)c1cc(C(=O)[O-])c2cccccc1-2)NO.[Na+]. The van der Waals surface area contributed by atoms with Crippen LogP contribution in [0.2, 0.25) is 0 Å². The van der Waals surface area contributed by atoms with Gasteiger partial charge in [0.15, 0.2) is 6.61 Å². The molecule has 2 aliphatic rings. The van der Waals surface area contributed by atoms with Gasteiger partial charge in [-0.05, 0) is 17.2 Å². The van der Waals surface area contributed by atoms with E-state index in [0.717, 1.165) is 6.07 Å². The number of amides is 1. The van der Waals surface area contributed by atoms with E-state index >= 15 is 0 Å². The van der Waals surface area contributed by atoms with E-state index in [1.807, 2.05) is 0 Å². The van der Waals surface area contributed by atoms with Crippen molar-refractivity contribution in [2.75, 3.05) is 6.61 Å². The molecular formula is C14H10NNaO6. The maximum atomic E-state index is 11.9. The number of carbonyl (C=O) groups excluding carboxylic acids is 3. The second-order valence-electron chi connectivity index (χ2n) is 4.11. The Bertz CT molecular complexity index is 687. The van der Waals surface area contributed by atoms with Crippen molar-refractivity contribution in [2.24, 2.45) is 0 Å². The fourth-order valence-corrected chi connectivity index (χ4v) is 1.90. The largest absolute Gasteiger partial charge is 1.00 e. The fraction of sp³-hybridized carbons (Fsp3) is 0.0714. The van der Waals surface area contributed by atoms with Crippen LogP contribution in [-0.2, 0) is 9.53 Å². The van der Waals surface area contributed by atoms with Crippen LogP contribution in [0.15, 0.2) is 36.4 Å². The molecule has 108 valence electrons. The van der Waals surface area contributed by atoms with Gasteiger partial charge in [-0.3, -0.25) is 10.0 Å². The van der Waals surface area contributed by atoms with Gasteiger partial charge in [-0.25, -0.2) is 10.3 Å². The van der Waals surface area contributed by atoms with Crippen molar-refractivity contribution in [3.05, 3.63) is 47.5 Å². The van der Waals surface area contributed by atoms with Gasteiger partial charge in [-0.1, -0.05) is 30.3 Å². The summed E-state index contributed by atoms with van der Waals surface area (Å²) in [6.07, 6.45) is 0. The predicted octanol–water partition coefficient (Wildman–Crippen LogP) is -3.18. The van der Waals surface area contributed by atoms with E-state index in [1.165, 1.54) is 11.5 Å². The second kappa shape index (κ2) is 7.90. The second-order valence-corrected chi connectivity index (χ2v) is 4.11. The van der Waals surface area contributed by atoms with Gasteiger partial charge in [-0.2, -0.15) is 0 Å². The molecule has 0 radical (unpaired) electrons. The van der Waals surface area contributed by atoms with Crippen LogP contribution in [0.5, 0.6) is 0 Å². The molecule has 0 spiro atoms. The van der Waals surface area contributed by atoms with Crippen LogP contribution in [0.3, 0.4) is 0 Å². The van der Waals surface area contributed by atoms with Crippen molar-refractivity contribution in [1.29, 1.82) is 0 Å². The third-order valence-electron chi connectivity index (χ3n) is 2.81. The summed E-state index contributed by atoms with van der Waals surface area (Å²) in [7, 11) is 0. The number of hydroxylamine groups is 1. The molecule has 0 aromatic heterocycles. The van der Waals surface area contributed by atoms with Crippen LogP contribution in [0.1, 0.15) is 20.7 Å². The number of fused-ring (bicyclic) bond motifs is 1. The van der Waals surface area contributed by atoms with Crippen molar-refractivity contribution < 1.29 is 59.0 Å². The minimum atomic E-state index is -1.42. The molecule has 0 aliphatic heterocycles. The van der Waals surface area contributed by atoms with Gasteiger partial charge >= 0.3 is 35.5 Å². The zero-order valence-corrected chi connectivity index (χ0v) is 13.7. The molecule has 0 bridgehead atoms. The van der Waals surface area contributed by atoms with E-state index in [9.17, 15) is 19.5 Å². The third kappa shape index (κ3) is 3.83.